The van der Waals surface area contributed by atoms with Crippen molar-refractivity contribution in [1.29, 1.82) is 0 Å². The van der Waals surface area contributed by atoms with Crippen molar-refractivity contribution in [1.82, 2.24) is 4.47 Å². The predicted octanol–water partition coefficient (Wildman–Crippen LogP) is 0.323. The van der Waals surface area contributed by atoms with E-state index in [1.165, 1.54) is 12.1 Å². The number of benzene rings is 1. The molecule has 88 valence electrons. The van der Waals surface area contributed by atoms with Crippen LogP contribution < -0.4 is 0 Å². The molecule has 0 bridgehead atoms. The van der Waals surface area contributed by atoms with Gasteiger partial charge in [-0.2, -0.15) is 0 Å². The topological polar surface area (TPSA) is 83.9 Å². The lowest BCUT2D eigenvalue weighted by Gasteiger charge is -2.17. The van der Waals surface area contributed by atoms with Gasteiger partial charge >= 0.3 is 5.97 Å². The second-order valence-electron chi connectivity index (χ2n) is 2.86. The van der Waals surface area contributed by atoms with Gasteiger partial charge in [0.1, 0.15) is 6.54 Å². The highest BCUT2D eigenvalue weighted by Gasteiger charge is 2.26. The Morgan fingerprint density at radius 3 is 2.38 bits per heavy atom. The molecule has 0 aliphatic heterocycles. The van der Waals surface area contributed by atoms with Crippen LogP contribution in [0.3, 0.4) is 0 Å². The van der Waals surface area contributed by atoms with Crippen molar-refractivity contribution in [2.75, 3.05) is 13.7 Å². The highest BCUT2D eigenvalue weighted by Crippen LogP contribution is 2.14. The monoisotopic (exact) mass is 245 g/mol. The van der Waals surface area contributed by atoms with Gasteiger partial charge < -0.3 is 5.11 Å². The van der Waals surface area contributed by atoms with E-state index in [1.807, 2.05) is 0 Å². The van der Waals surface area contributed by atoms with E-state index in [-0.39, 0.29) is 4.90 Å². The highest BCUT2D eigenvalue weighted by molar-refractivity contribution is 7.89. The van der Waals surface area contributed by atoms with Crippen LogP contribution in [0, 0.1) is 0 Å². The van der Waals surface area contributed by atoms with Gasteiger partial charge in [0.05, 0.1) is 12.0 Å². The number of carboxylic acids is 1. The largest absolute Gasteiger partial charge is 0.480 e. The van der Waals surface area contributed by atoms with Crippen molar-refractivity contribution in [2.24, 2.45) is 0 Å². The molecule has 0 unspecified atom stereocenters. The Morgan fingerprint density at radius 1 is 1.38 bits per heavy atom. The predicted molar refractivity (Wildman–Crippen MR) is 55.0 cm³/mol. The molecule has 6 nitrogen and oxygen atoms in total. The summed E-state index contributed by atoms with van der Waals surface area (Å²) < 4.78 is 24.1. The van der Waals surface area contributed by atoms with E-state index in [0.717, 1.165) is 7.11 Å². The molecular weight excluding hydrogens is 234 g/mol. The molecule has 16 heavy (non-hydrogen) atoms. The molecule has 0 fully saturated rings. The number of hydroxylamine groups is 1. The van der Waals surface area contributed by atoms with E-state index in [0.29, 0.717) is 4.47 Å². The van der Waals surface area contributed by atoms with Crippen molar-refractivity contribution in [3.63, 3.8) is 0 Å². The highest BCUT2D eigenvalue weighted by atomic mass is 32.2. The first-order chi connectivity index (χ1) is 7.48. The number of sulfonamides is 1. The van der Waals surface area contributed by atoms with E-state index in [1.54, 1.807) is 18.2 Å². The van der Waals surface area contributed by atoms with E-state index in [9.17, 15) is 13.2 Å². The quantitative estimate of drug-likeness (QED) is 0.755. The van der Waals surface area contributed by atoms with Crippen LogP contribution in [-0.4, -0.2) is 37.6 Å². The van der Waals surface area contributed by atoms with Crippen LogP contribution in [0.4, 0.5) is 0 Å². The van der Waals surface area contributed by atoms with Crippen molar-refractivity contribution >= 4 is 16.0 Å². The fraction of sp³-hybridized carbons (Fsp3) is 0.222. The Balaban J connectivity index is 3.05. The molecule has 1 N–H and O–H groups in total. The molecule has 0 saturated heterocycles. The Labute approximate surface area is 93.1 Å². The Bertz CT molecular complexity index is 456. The maximum atomic E-state index is 11.8. The van der Waals surface area contributed by atoms with Crippen LogP contribution in [-0.2, 0) is 19.7 Å². The number of hydrogen-bond acceptors (Lipinski definition) is 4. The number of rotatable bonds is 5. The van der Waals surface area contributed by atoms with E-state index >= 15 is 0 Å². The zero-order chi connectivity index (χ0) is 12.2. The normalized spacial score (nSPS) is 11.6. The summed E-state index contributed by atoms with van der Waals surface area (Å²) in [5, 5.41) is 8.54. The van der Waals surface area contributed by atoms with E-state index < -0.39 is 22.5 Å². The molecule has 1 rings (SSSR count). The first-order valence-electron chi connectivity index (χ1n) is 4.32. The SMILES string of the molecule is CON(CC(=O)O)S(=O)(=O)c1ccccc1. The van der Waals surface area contributed by atoms with Crippen LogP contribution in [0.25, 0.3) is 0 Å². The van der Waals surface area contributed by atoms with Gasteiger partial charge in [-0.3, -0.25) is 9.63 Å². The summed E-state index contributed by atoms with van der Waals surface area (Å²) in [6.07, 6.45) is 0. The van der Waals surface area contributed by atoms with Gasteiger partial charge in [0.15, 0.2) is 0 Å². The summed E-state index contributed by atoms with van der Waals surface area (Å²) >= 11 is 0. The smallest absolute Gasteiger partial charge is 0.321 e. The van der Waals surface area contributed by atoms with Crippen molar-refractivity contribution in [3.05, 3.63) is 30.3 Å². The number of nitrogens with zero attached hydrogens (tertiary/aromatic N) is 1. The third-order valence-electron chi connectivity index (χ3n) is 1.78. The minimum absolute atomic E-state index is 0.0156. The molecule has 7 heteroatoms. The zero-order valence-corrected chi connectivity index (χ0v) is 9.35. The van der Waals surface area contributed by atoms with Gasteiger partial charge in [0, 0.05) is 0 Å². The molecule has 0 aliphatic carbocycles. The third kappa shape index (κ3) is 2.78. The van der Waals surface area contributed by atoms with Crippen molar-refractivity contribution in [2.45, 2.75) is 4.90 Å². The lowest BCUT2D eigenvalue weighted by Crippen LogP contribution is -2.34. The maximum Gasteiger partial charge on any atom is 0.321 e. The number of hydrogen-bond donors (Lipinski definition) is 1. The van der Waals surface area contributed by atoms with Crippen molar-refractivity contribution < 1.29 is 23.2 Å². The van der Waals surface area contributed by atoms with Crippen LogP contribution in [0.1, 0.15) is 0 Å². The molecule has 0 spiro atoms. The molecular formula is C9H11NO5S. The maximum absolute atomic E-state index is 11.8. The van der Waals surface area contributed by atoms with E-state index in [4.69, 9.17) is 5.11 Å². The van der Waals surface area contributed by atoms with Gasteiger partial charge in [0.25, 0.3) is 10.0 Å². The molecule has 1 aromatic carbocycles. The van der Waals surface area contributed by atoms with Gasteiger partial charge in [-0.1, -0.05) is 22.7 Å². The van der Waals surface area contributed by atoms with Crippen LogP contribution in [0.15, 0.2) is 35.2 Å². The Hall–Kier alpha value is -1.44. The summed E-state index contributed by atoms with van der Waals surface area (Å²) in [6.45, 7) is -0.742. The molecule has 0 amide bonds. The van der Waals surface area contributed by atoms with Crippen molar-refractivity contribution in [3.8, 4) is 0 Å². The summed E-state index contributed by atoms with van der Waals surface area (Å²) in [5.74, 6) is -1.29. The average molecular weight is 245 g/mol. The Kier molecular flexibility index (Phi) is 3.99. The minimum Gasteiger partial charge on any atom is -0.480 e. The van der Waals surface area contributed by atoms with Gasteiger partial charge in [0.2, 0.25) is 0 Å². The average Bonchev–Trinajstić information content (AvgIpc) is 2.26. The summed E-state index contributed by atoms with van der Waals surface area (Å²) in [5.41, 5.74) is 0. The van der Waals surface area contributed by atoms with E-state index in [2.05, 4.69) is 4.84 Å². The first kappa shape index (κ1) is 12.6. The third-order valence-corrected chi connectivity index (χ3v) is 3.46. The first-order valence-corrected chi connectivity index (χ1v) is 5.76. The second kappa shape index (κ2) is 5.06. The molecule has 0 aromatic heterocycles. The molecule has 0 radical (unpaired) electrons. The fourth-order valence-electron chi connectivity index (χ4n) is 1.07. The second-order valence-corrected chi connectivity index (χ2v) is 4.68. The lowest BCUT2D eigenvalue weighted by molar-refractivity contribution is -0.145. The summed E-state index contributed by atoms with van der Waals surface area (Å²) in [7, 11) is -2.82. The lowest BCUT2D eigenvalue weighted by atomic mass is 10.4. The molecule has 0 atom stereocenters. The van der Waals surface area contributed by atoms with Gasteiger partial charge in [-0.05, 0) is 12.1 Å². The summed E-state index contributed by atoms with van der Waals surface area (Å²) in [6, 6.07) is 7.47. The molecule has 0 saturated carbocycles. The zero-order valence-electron chi connectivity index (χ0n) is 8.53. The molecule has 0 heterocycles. The number of carbonyl (C=O) groups is 1. The Morgan fingerprint density at radius 2 is 1.94 bits per heavy atom. The molecule has 0 aliphatic rings. The van der Waals surface area contributed by atoms with Crippen LogP contribution in [0.2, 0.25) is 0 Å². The summed E-state index contributed by atoms with van der Waals surface area (Å²) in [4.78, 5) is 15.0. The number of aliphatic carboxylic acids is 1. The van der Waals surface area contributed by atoms with Crippen LogP contribution >= 0.6 is 0 Å². The van der Waals surface area contributed by atoms with Gasteiger partial charge in [-0.25, -0.2) is 8.42 Å². The van der Waals surface area contributed by atoms with Crippen LogP contribution in [0.5, 0.6) is 0 Å². The fourth-order valence-corrected chi connectivity index (χ4v) is 2.28. The minimum atomic E-state index is -3.92. The molecule has 1 aromatic rings. The van der Waals surface area contributed by atoms with Gasteiger partial charge in [-0.15, -0.1) is 0 Å². The number of carboxylic acid groups (broad SMARTS) is 1. The standard InChI is InChI=1S/C9H11NO5S/c1-15-10(7-9(11)12)16(13,14)8-5-3-2-4-6-8/h2-6H,7H2,1H3,(H,11,12).